The van der Waals surface area contributed by atoms with Crippen molar-refractivity contribution in [2.75, 3.05) is 0 Å². The van der Waals surface area contributed by atoms with Crippen LogP contribution in [-0.4, -0.2) is 25.7 Å². The van der Waals surface area contributed by atoms with Gasteiger partial charge in [0.15, 0.2) is 0 Å². The van der Waals surface area contributed by atoms with Gasteiger partial charge in [-0.05, 0) is 44.5 Å². The van der Waals surface area contributed by atoms with Crippen LogP contribution in [0.1, 0.15) is 40.4 Å². The van der Waals surface area contributed by atoms with E-state index < -0.39 is 0 Å². The highest BCUT2D eigenvalue weighted by molar-refractivity contribution is 5.92. The number of carbonyl (C=O) groups excluding carboxylic acids is 1. The molecular weight excluding hydrogens is 318 g/mol. The van der Waals surface area contributed by atoms with Crippen LogP contribution >= 0.6 is 0 Å². The highest BCUT2D eigenvalue weighted by Gasteiger charge is 2.13. The van der Waals surface area contributed by atoms with Gasteiger partial charge < -0.3 is 10.3 Å². The van der Waals surface area contributed by atoms with Crippen LogP contribution in [0.3, 0.4) is 0 Å². The van der Waals surface area contributed by atoms with E-state index in [0.717, 1.165) is 28.8 Å². The Bertz CT molecular complexity index is 936. The Hall–Kier alpha value is -3.22. The van der Waals surface area contributed by atoms with E-state index >= 15 is 0 Å². The minimum absolute atomic E-state index is 0.172. The Morgan fingerprint density at radius 1 is 1.24 bits per heavy atom. The molecule has 0 aliphatic heterocycles. The highest BCUT2D eigenvalue weighted by atomic mass is 16.2. The van der Waals surface area contributed by atoms with Gasteiger partial charge in [-0.15, -0.1) is 0 Å². The smallest absolute Gasteiger partial charge is 0.271 e. The molecule has 0 radical (unpaired) electrons. The minimum Gasteiger partial charge on any atom is -0.344 e. The fourth-order valence-corrected chi connectivity index (χ4v) is 2.61. The molecule has 1 unspecified atom stereocenters. The summed E-state index contributed by atoms with van der Waals surface area (Å²) in [5.74, 6) is -0.341. The van der Waals surface area contributed by atoms with Crippen molar-refractivity contribution in [2.45, 2.75) is 26.8 Å². The Labute approximate surface area is 144 Å². The van der Waals surface area contributed by atoms with Crippen LogP contribution in [0.4, 0.5) is 0 Å². The van der Waals surface area contributed by atoms with Crippen molar-refractivity contribution in [1.29, 1.82) is 0 Å². The van der Waals surface area contributed by atoms with Gasteiger partial charge in [-0.3, -0.25) is 9.59 Å². The molecule has 0 saturated carbocycles. The van der Waals surface area contributed by atoms with Crippen LogP contribution in [0.25, 0.3) is 5.69 Å². The van der Waals surface area contributed by atoms with Gasteiger partial charge >= 0.3 is 0 Å². The van der Waals surface area contributed by atoms with Crippen LogP contribution < -0.4 is 10.9 Å². The molecular formula is C18H19N5O2. The van der Waals surface area contributed by atoms with Gasteiger partial charge in [0.25, 0.3) is 11.5 Å². The zero-order valence-corrected chi connectivity index (χ0v) is 14.3. The van der Waals surface area contributed by atoms with Crippen LogP contribution in [0.15, 0.2) is 47.5 Å². The fraction of sp³-hybridized carbons (Fsp3) is 0.222. The molecule has 2 aromatic heterocycles. The normalized spacial score (nSPS) is 12.0. The lowest BCUT2D eigenvalue weighted by molar-refractivity contribution is 0.0934. The van der Waals surface area contributed by atoms with Crippen LogP contribution in [0.5, 0.6) is 0 Å². The molecule has 0 aliphatic rings. The number of benzene rings is 1. The maximum absolute atomic E-state index is 12.2. The molecule has 0 fully saturated rings. The van der Waals surface area contributed by atoms with Crippen molar-refractivity contribution in [2.24, 2.45) is 0 Å². The van der Waals surface area contributed by atoms with Crippen molar-refractivity contribution >= 4 is 5.91 Å². The number of amides is 1. The zero-order valence-electron chi connectivity index (χ0n) is 14.3. The molecule has 0 bridgehead atoms. The van der Waals surface area contributed by atoms with Gasteiger partial charge in [-0.2, -0.15) is 5.10 Å². The first-order valence-electron chi connectivity index (χ1n) is 7.93. The zero-order chi connectivity index (χ0) is 18.0. The summed E-state index contributed by atoms with van der Waals surface area (Å²) in [5.41, 5.74) is 3.79. The summed E-state index contributed by atoms with van der Waals surface area (Å²) in [6, 6.07) is 9.67. The van der Waals surface area contributed by atoms with Gasteiger partial charge in [0.05, 0.1) is 23.6 Å². The number of hydrogen-bond acceptors (Lipinski definition) is 4. The molecule has 25 heavy (non-hydrogen) atoms. The predicted molar refractivity (Wildman–Crippen MR) is 93.8 cm³/mol. The molecule has 1 atom stereocenters. The predicted octanol–water partition coefficient (Wildman–Crippen LogP) is 2.06. The number of aromatic amines is 1. The molecule has 0 saturated heterocycles. The van der Waals surface area contributed by atoms with Crippen LogP contribution in [0.2, 0.25) is 0 Å². The lowest BCUT2D eigenvalue weighted by atomic mass is 10.1. The average Bonchev–Trinajstić information content (AvgIpc) is 2.94. The SMILES string of the molecule is Cc1cc(C)n(-c2ccc(C(C)NC(=O)c3c[nH]c(=O)cn3)cc2)n1. The number of aromatic nitrogens is 4. The summed E-state index contributed by atoms with van der Waals surface area (Å²) < 4.78 is 1.88. The summed E-state index contributed by atoms with van der Waals surface area (Å²) >= 11 is 0. The molecule has 7 nitrogen and oxygen atoms in total. The number of rotatable bonds is 4. The summed E-state index contributed by atoms with van der Waals surface area (Å²) in [7, 11) is 0. The molecule has 2 heterocycles. The first kappa shape index (κ1) is 16.6. The molecule has 7 heteroatoms. The first-order valence-corrected chi connectivity index (χ1v) is 7.93. The molecule has 0 spiro atoms. The third-order valence-corrected chi connectivity index (χ3v) is 3.90. The average molecular weight is 337 g/mol. The molecule has 3 aromatic rings. The van der Waals surface area contributed by atoms with Crippen LogP contribution in [0, 0.1) is 13.8 Å². The Morgan fingerprint density at radius 2 is 1.96 bits per heavy atom. The molecule has 2 N–H and O–H groups in total. The van der Waals surface area contributed by atoms with E-state index in [1.165, 1.54) is 6.20 Å². The second kappa shape index (κ2) is 6.72. The van der Waals surface area contributed by atoms with E-state index in [-0.39, 0.29) is 23.2 Å². The van der Waals surface area contributed by atoms with Gasteiger partial charge in [0.2, 0.25) is 0 Å². The second-order valence-corrected chi connectivity index (χ2v) is 5.92. The van der Waals surface area contributed by atoms with Crippen molar-refractivity contribution < 1.29 is 4.79 Å². The third kappa shape index (κ3) is 3.65. The second-order valence-electron chi connectivity index (χ2n) is 5.92. The van der Waals surface area contributed by atoms with Crippen LogP contribution in [-0.2, 0) is 0 Å². The standard InChI is InChI=1S/C18H19N5O2/c1-11-8-12(2)23(22-11)15-6-4-14(5-7-15)13(3)21-18(25)16-9-20-17(24)10-19-16/h4-10,13H,1-3H3,(H,20,24)(H,21,25). The minimum atomic E-state index is -0.343. The van der Waals surface area contributed by atoms with Crippen molar-refractivity contribution in [1.82, 2.24) is 25.1 Å². The number of aryl methyl sites for hydroxylation is 2. The monoisotopic (exact) mass is 337 g/mol. The molecule has 128 valence electrons. The Kier molecular flexibility index (Phi) is 4.47. The molecule has 1 aromatic carbocycles. The lowest BCUT2D eigenvalue weighted by Crippen LogP contribution is -2.28. The number of nitrogens with one attached hydrogen (secondary N) is 2. The van der Waals surface area contributed by atoms with Crippen molar-refractivity contribution in [3.8, 4) is 5.69 Å². The fourth-order valence-electron chi connectivity index (χ4n) is 2.61. The number of hydrogen-bond donors (Lipinski definition) is 2. The van der Waals surface area contributed by atoms with E-state index in [0.29, 0.717) is 0 Å². The molecule has 0 aliphatic carbocycles. The quantitative estimate of drug-likeness (QED) is 0.762. The highest BCUT2D eigenvalue weighted by Crippen LogP contribution is 2.17. The van der Waals surface area contributed by atoms with Gasteiger partial charge in [0.1, 0.15) is 5.69 Å². The summed E-state index contributed by atoms with van der Waals surface area (Å²) in [6.45, 7) is 5.86. The van der Waals surface area contributed by atoms with Gasteiger partial charge in [0, 0.05) is 11.9 Å². The third-order valence-electron chi connectivity index (χ3n) is 3.90. The van der Waals surface area contributed by atoms with Crippen molar-refractivity contribution in [3.05, 3.63) is 75.7 Å². The van der Waals surface area contributed by atoms with Gasteiger partial charge in [-0.25, -0.2) is 9.67 Å². The molecule has 3 rings (SSSR count). The van der Waals surface area contributed by atoms with E-state index in [1.54, 1.807) is 0 Å². The van der Waals surface area contributed by atoms with E-state index in [2.05, 4.69) is 20.4 Å². The van der Waals surface area contributed by atoms with Gasteiger partial charge in [-0.1, -0.05) is 12.1 Å². The summed E-state index contributed by atoms with van der Waals surface area (Å²) in [4.78, 5) is 29.4. The topological polar surface area (TPSA) is 92.7 Å². The van der Waals surface area contributed by atoms with E-state index in [9.17, 15) is 9.59 Å². The molecule has 1 amide bonds. The summed E-state index contributed by atoms with van der Waals surface area (Å²) in [6.07, 6.45) is 2.39. The van der Waals surface area contributed by atoms with E-state index in [1.807, 2.05) is 55.8 Å². The maximum Gasteiger partial charge on any atom is 0.271 e. The first-order chi connectivity index (χ1) is 11.9. The number of H-pyrrole nitrogens is 1. The van der Waals surface area contributed by atoms with Crippen molar-refractivity contribution in [3.63, 3.8) is 0 Å². The number of carbonyl (C=O) groups is 1. The Balaban J connectivity index is 1.73. The van der Waals surface area contributed by atoms with E-state index in [4.69, 9.17) is 0 Å². The Morgan fingerprint density at radius 3 is 2.52 bits per heavy atom. The maximum atomic E-state index is 12.2. The lowest BCUT2D eigenvalue weighted by Gasteiger charge is -2.14. The largest absolute Gasteiger partial charge is 0.344 e. The number of nitrogens with zero attached hydrogens (tertiary/aromatic N) is 3. The summed E-state index contributed by atoms with van der Waals surface area (Å²) in [5, 5.41) is 7.32.